The monoisotopic (exact) mass is 294 g/mol. The number of hydrogen-bond donors (Lipinski definition) is 1. The van der Waals surface area contributed by atoms with Gasteiger partial charge >= 0.3 is 0 Å². The smallest absolute Gasteiger partial charge is 0.121 e. The predicted octanol–water partition coefficient (Wildman–Crippen LogP) is 2.71. The molecule has 0 saturated heterocycles. The first-order valence-electron chi connectivity index (χ1n) is 7.09. The number of nitrogens with zero attached hydrogens (tertiary/aromatic N) is 3. The first kappa shape index (κ1) is 14.3. The number of aromatic nitrogens is 3. The van der Waals surface area contributed by atoms with Crippen LogP contribution in [0, 0.1) is 6.92 Å². The molecule has 3 aromatic rings. The average Bonchev–Trinajstić information content (AvgIpc) is 2.99. The van der Waals surface area contributed by atoms with Crippen LogP contribution in [0.2, 0.25) is 0 Å². The molecule has 0 aliphatic carbocycles. The first-order chi connectivity index (χ1) is 10.7. The van der Waals surface area contributed by atoms with Gasteiger partial charge in [-0.15, -0.1) is 5.10 Å². The van der Waals surface area contributed by atoms with E-state index in [0.29, 0.717) is 6.54 Å². The third kappa shape index (κ3) is 2.46. The topological polar surface area (TPSA) is 66.0 Å². The van der Waals surface area contributed by atoms with Crippen LogP contribution in [0.3, 0.4) is 0 Å². The zero-order valence-corrected chi connectivity index (χ0v) is 12.7. The minimum atomic E-state index is 0.341. The summed E-state index contributed by atoms with van der Waals surface area (Å²) < 4.78 is 7.11. The number of hydrogen-bond acceptors (Lipinski definition) is 4. The van der Waals surface area contributed by atoms with Gasteiger partial charge in [-0.25, -0.2) is 4.68 Å². The van der Waals surface area contributed by atoms with Gasteiger partial charge in [0.1, 0.15) is 11.4 Å². The molecule has 1 aromatic heterocycles. The Hall–Kier alpha value is -2.66. The van der Waals surface area contributed by atoms with Crippen LogP contribution in [-0.4, -0.2) is 22.1 Å². The number of ether oxygens (including phenoxy) is 1. The second-order valence-electron chi connectivity index (χ2n) is 5.02. The zero-order chi connectivity index (χ0) is 15.5. The highest BCUT2D eigenvalue weighted by Crippen LogP contribution is 2.28. The lowest BCUT2D eigenvalue weighted by molar-refractivity contribution is 0.414. The van der Waals surface area contributed by atoms with Crippen LogP contribution in [-0.2, 0) is 6.54 Å². The summed E-state index contributed by atoms with van der Waals surface area (Å²) >= 11 is 0. The molecule has 0 atom stereocenters. The van der Waals surface area contributed by atoms with E-state index in [1.54, 1.807) is 7.11 Å². The quantitative estimate of drug-likeness (QED) is 0.803. The van der Waals surface area contributed by atoms with Crippen LogP contribution in [0.5, 0.6) is 5.75 Å². The van der Waals surface area contributed by atoms with Crippen molar-refractivity contribution in [1.29, 1.82) is 0 Å². The van der Waals surface area contributed by atoms with Crippen molar-refractivity contribution in [3.05, 3.63) is 59.8 Å². The molecule has 112 valence electrons. The molecule has 0 bridgehead atoms. The van der Waals surface area contributed by atoms with E-state index in [-0.39, 0.29) is 0 Å². The highest BCUT2D eigenvalue weighted by molar-refractivity contribution is 5.68. The van der Waals surface area contributed by atoms with Crippen LogP contribution >= 0.6 is 0 Å². The third-order valence-electron chi connectivity index (χ3n) is 3.63. The third-order valence-corrected chi connectivity index (χ3v) is 3.63. The summed E-state index contributed by atoms with van der Waals surface area (Å²) in [7, 11) is 1.65. The Kier molecular flexibility index (Phi) is 3.89. The maximum absolute atomic E-state index is 5.85. The molecular formula is C17H18N4O. The molecule has 0 spiro atoms. The van der Waals surface area contributed by atoms with Crippen LogP contribution in [0.4, 0.5) is 0 Å². The van der Waals surface area contributed by atoms with Crippen molar-refractivity contribution in [1.82, 2.24) is 15.0 Å². The first-order valence-corrected chi connectivity index (χ1v) is 7.09. The summed E-state index contributed by atoms with van der Waals surface area (Å²) in [6, 6.07) is 15.9. The predicted molar refractivity (Wildman–Crippen MR) is 86.0 cm³/mol. The Bertz CT molecular complexity index is 795. The second kappa shape index (κ2) is 5.99. The molecule has 0 saturated carbocycles. The summed E-state index contributed by atoms with van der Waals surface area (Å²) in [4.78, 5) is 0. The highest BCUT2D eigenvalue weighted by atomic mass is 16.5. The molecule has 0 aliphatic heterocycles. The van der Waals surface area contributed by atoms with Gasteiger partial charge in [0.2, 0.25) is 0 Å². The van der Waals surface area contributed by atoms with Gasteiger partial charge in [0.15, 0.2) is 0 Å². The summed E-state index contributed by atoms with van der Waals surface area (Å²) in [5.74, 6) is 0.776. The molecule has 5 heteroatoms. The van der Waals surface area contributed by atoms with Gasteiger partial charge in [-0.1, -0.05) is 35.5 Å². The molecule has 5 nitrogen and oxygen atoms in total. The molecule has 0 aliphatic rings. The number of aryl methyl sites for hydroxylation is 1. The number of benzene rings is 2. The van der Waals surface area contributed by atoms with E-state index < -0.39 is 0 Å². The average molecular weight is 294 g/mol. The second-order valence-corrected chi connectivity index (χ2v) is 5.02. The molecule has 0 unspecified atom stereocenters. The maximum atomic E-state index is 5.85. The highest BCUT2D eigenvalue weighted by Gasteiger charge is 2.17. The van der Waals surface area contributed by atoms with Crippen molar-refractivity contribution in [3.8, 4) is 22.7 Å². The van der Waals surface area contributed by atoms with Gasteiger partial charge in [0.05, 0.1) is 18.5 Å². The van der Waals surface area contributed by atoms with Gasteiger partial charge in [-0.3, -0.25) is 0 Å². The van der Waals surface area contributed by atoms with E-state index in [0.717, 1.165) is 34.0 Å². The Morgan fingerprint density at radius 1 is 1.14 bits per heavy atom. The normalized spacial score (nSPS) is 10.7. The minimum Gasteiger partial charge on any atom is -0.497 e. The lowest BCUT2D eigenvalue weighted by Crippen LogP contribution is -2.03. The summed E-state index contributed by atoms with van der Waals surface area (Å²) in [6.07, 6.45) is 0. The van der Waals surface area contributed by atoms with E-state index in [1.807, 2.05) is 41.1 Å². The van der Waals surface area contributed by atoms with Crippen molar-refractivity contribution in [2.24, 2.45) is 5.73 Å². The lowest BCUT2D eigenvalue weighted by Gasteiger charge is -2.11. The van der Waals surface area contributed by atoms with E-state index in [9.17, 15) is 0 Å². The van der Waals surface area contributed by atoms with Gasteiger partial charge in [0.25, 0.3) is 0 Å². The van der Waals surface area contributed by atoms with Crippen LogP contribution < -0.4 is 10.5 Å². The molecule has 22 heavy (non-hydrogen) atoms. The summed E-state index contributed by atoms with van der Waals surface area (Å²) in [5, 5.41) is 8.51. The Balaban J connectivity index is 2.21. The van der Waals surface area contributed by atoms with E-state index in [2.05, 4.69) is 29.4 Å². The molecule has 0 radical (unpaired) electrons. The number of nitrogens with two attached hydrogens (primary N) is 1. The lowest BCUT2D eigenvalue weighted by atomic mass is 10.0. The molecule has 1 heterocycles. The zero-order valence-electron chi connectivity index (χ0n) is 12.7. The van der Waals surface area contributed by atoms with Crippen LogP contribution in [0.25, 0.3) is 16.9 Å². The van der Waals surface area contributed by atoms with Crippen molar-refractivity contribution < 1.29 is 4.74 Å². The summed E-state index contributed by atoms with van der Waals surface area (Å²) in [6.45, 7) is 2.41. The van der Waals surface area contributed by atoms with Crippen molar-refractivity contribution in [2.75, 3.05) is 7.11 Å². The van der Waals surface area contributed by atoms with Gasteiger partial charge < -0.3 is 10.5 Å². The molecule has 3 rings (SSSR count). The van der Waals surface area contributed by atoms with E-state index >= 15 is 0 Å². The molecule has 2 aromatic carbocycles. The Morgan fingerprint density at radius 2 is 1.95 bits per heavy atom. The minimum absolute atomic E-state index is 0.341. The van der Waals surface area contributed by atoms with Gasteiger partial charge in [-0.05, 0) is 24.6 Å². The molecule has 0 fully saturated rings. The Morgan fingerprint density at radius 3 is 2.68 bits per heavy atom. The van der Waals surface area contributed by atoms with Crippen LogP contribution in [0.15, 0.2) is 48.5 Å². The summed E-state index contributed by atoms with van der Waals surface area (Å²) in [5.41, 5.74) is 10.7. The number of rotatable bonds is 4. The molecule has 2 N–H and O–H groups in total. The number of methoxy groups -OCH3 is 1. The Labute approximate surface area is 129 Å². The maximum Gasteiger partial charge on any atom is 0.121 e. The largest absolute Gasteiger partial charge is 0.497 e. The molecule has 0 amide bonds. The fourth-order valence-corrected chi connectivity index (χ4v) is 2.48. The SMILES string of the molecule is COc1cccc(-n2nnc(CN)c2-c2ccccc2C)c1. The van der Waals surface area contributed by atoms with Gasteiger partial charge in [-0.2, -0.15) is 0 Å². The van der Waals surface area contributed by atoms with Crippen molar-refractivity contribution in [3.63, 3.8) is 0 Å². The van der Waals surface area contributed by atoms with Gasteiger partial charge in [0, 0.05) is 18.2 Å². The standard InChI is InChI=1S/C17H18N4O/c1-12-6-3-4-9-15(12)17-16(11-18)19-20-21(17)13-7-5-8-14(10-13)22-2/h3-10H,11,18H2,1-2H3. The van der Waals surface area contributed by atoms with Crippen LogP contribution in [0.1, 0.15) is 11.3 Å². The van der Waals surface area contributed by atoms with Crippen molar-refractivity contribution >= 4 is 0 Å². The molecular weight excluding hydrogens is 276 g/mol. The fraction of sp³-hybridized carbons (Fsp3) is 0.176. The van der Waals surface area contributed by atoms with Crippen molar-refractivity contribution in [2.45, 2.75) is 13.5 Å². The van der Waals surface area contributed by atoms with E-state index in [1.165, 1.54) is 0 Å². The van der Waals surface area contributed by atoms with E-state index in [4.69, 9.17) is 10.5 Å². The fourth-order valence-electron chi connectivity index (χ4n) is 2.48.